The molecular weight excluding hydrogens is 220 g/mol. The Morgan fingerprint density at radius 2 is 2.19 bits per heavy atom. The van der Waals surface area contributed by atoms with Crippen LogP contribution in [0, 0.1) is 12.8 Å². The van der Waals surface area contributed by atoms with Gasteiger partial charge in [-0.15, -0.1) is 11.6 Å². The summed E-state index contributed by atoms with van der Waals surface area (Å²) < 4.78 is 0. The summed E-state index contributed by atoms with van der Waals surface area (Å²) in [7, 11) is 2.13. The van der Waals surface area contributed by atoms with Gasteiger partial charge >= 0.3 is 0 Å². The Labute approximate surface area is 103 Å². The van der Waals surface area contributed by atoms with Gasteiger partial charge in [0.05, 0.1) is 0 Å². The minimum Gasteiger partial charge on any atom is -0.357 e. The summed E-state index contributed by atoms with van der Waals surface area (Å²) in [5.74, 6) is 2.46. The molecule has 1 fully saturated rings. The predicted molar refractivity (Wildman–Crippen MR) is 69.1 cm³/mol. The van der Waals surface area contributed by atoms with Gasteiger partial charge in [-0.2, -0.15) is 0 Å². The van der Waals surface area contributed by atoms with Crippen molar-refractivity contribution >= 4 is 17.4 Å². The third-order valence-electron chi connectivity index (χ3n) is 3.43. The van der Waals surface area contributed by atoms with Gasteiger partial charge in [-0.3, -0.25) is 0 Å². The number of hydrogen-bond acceptors (Lipinski definition) is 2. The first-order chi connectivity index (χ1) is 7.61. The van der Waals surface area contributed by atoms with Crippen LogP contribution in [0.5, 0.6) is 0 Å². The van der Waals surface area contributed by atoms with Crippen LogP contribution < -0.4 is 4.90 Å². The van der Waals surface area contributed by atoms with E-state index in [9.17, 15) is 0 Å². The third-order valence-corrected chi connectivity index (χ3v) is 3.74. The molecule has 1 saturated carbocycles. The Morgan fingerprint density at radius 3 is 2.75 bits per heavy atom. The summed E-state index contributed by atoms with van der Waals surface area (Å²) in [6, 6.07) is 4.72. The van der Waals surface area contributed by atoms with Crippen LogP contribution in [0.2, 0.25) is 0 Å². The van der Waals surface area contributed by atoms with Gasteiger partial charge in [0.1, 0.15) is 5.82 Å². The van der Waals surface area contributed by atoms with Crippen LogP contribution in [0.15, 0.2) is 12.1 Å². The molecule has 1 atom stereocenters. The molecule has 0 bridgehead atoms. The minimum atomic E-state index is 0.558. The maximum absolute atomic E-state index is 5.88. The van der Waals surface area contributed by atoms with Crippen molar-refractivity contribution < 1.29 is 0 Å². The third kappa shape index (κ3) is 2.49. The van der Waals surface area contributed by atoms with Crippen LogP contribution in [0.3, 0.4) is 0 Å². The van der Waals surface area contributed by atoms with Crippen LogP contribution >= 0.6 is 11.6 Å². The van der Waals surface area contributed by atoms with Gasteiger partial charge < -0.3 is 4.90 Å². The van der Waals surface area contributed by atoms with Gasteiger partial charge in [0.15, 0.2) is 0 Å². The first-order valence-corrected chi connectivity index (χ1v) is 6.41. The highest BCUT2D eigenvalue weighted by molar-refractivity contribution is 6.17. The number of pyridine rings is 1. The standard InChI is InChI=1S/C13H19ClN2/c1-9-6-11(8-14)7-13(15-9)16(3)10(2)12-4-5-12/h6-7,10,12H,4-5,8H2,1-3H3. The number of anilines is 1. The molecule has 0 N–H and O–H groups in total. The molecule has 1 heterocycles. The van der Waals surface area contributed by atoms with Gasteiger partial charge in [-0.05, 0) is 50.3 Å². The van der Waals surface area contributed by atoms with Crippen molar-refractivity contribution in [1.29, 1.82) is 0 Å². The lowest BCUT2D eigenvalue weighted by molar-refractivity contribution is 0.603. The molecule has 1 aromatic heterocycles. The number of aromatic nitrogens is 1. The average molecular weight is 239 g/mol. The van der Waals surface area contributed by atoms with Crippen molar-refractivity contribution in [3.8, 4) is 0 Å². The van der Waals surface area contributed by atoms with E-state index in [-0.39, 0.29) is 0 Å². The molecular formula is C13H19ClN2. The van der Waals surface area contributed by atoms with Crippen molar-refractivity contribution in [1.82, 2.24) is 4.98 Å². The molecule has 1 aliphatic carbocycles. The highest BCUT2D eigenvalue weighted by Gasteiger charge is 2.31. The second kappa shape index (κ2) is 4.62. The zero-order chi connectivity index (χ0) is 11.7. The van der Waals surface area contributed by atoms with Crippen LogP contribution in [0.25, 0.3) is 0 Å². The van der Waals surface area contributed by atoms with Crippen LogP contribution in [0.4, 0.5) is 5.82 Å². The van der Waals surface area contributed by atoms with E-state index in [4.69, 9.17) is 11.6 Å². The molecule has 88 valence electrons. The smallest absolute Gasteiger partial charge is 0.129 e. The van der Waals surface area contributed by atoms with E-state index < -0.39 is 0 Å². The quantitative estimate of drug-likeness (QED) is 0.748. The van der Waals surface area contributed by atoms with E-state index in [1.54, 1.807) is 0 Å². The zero-order valence-corrected chi connectivity index (χ0v) is 11.0. The summed E-state index contributed by atoms with van der Waals surface area (Å²) >= 11 is 5.88. The molecule has 2 nitrogen and oxygen atoms in total. The zero-order valence-electron chi connectivity index (χ0n) is 10.2. The second-order valence-electron chi connectivity index (χ2n) is 4.80. The fourth-order valence-electron chi connectivity index (χ4n) is 2.08. The van der Waals surface area contributed by atoms with Crippen LogP contribution in [-0.2, 0) is 5.88 Å². The molecule has 16 heavy (non-hydrogen) atoms. The summed E-state index contributed by atoms with van der Waals surface area (Å²) in [6.07, 6.45) is 2.72. The first kappa shape index (κ1) is 11.7. The van der Waals surface area contributed by atoms with Crippen molar-refractivity contribution in [3.05, 3.63) is 23.4 Å². The van der Waals surface area contributed by atoms with E-state index in [1.165, 1.54) is 12.8 Å². The Morgan fingerprint density at radius 1 is 1.50 bits per heavy atom. The Kier molecular flexibility index (Phi) is 3.38. The van der Waals surface area contributed by atoms with E-state index in [2.05, 4.69) is 29.9 Å². The summed E-state index contributed by atoms with van der Waals surface area (Å²) in [5.41, 5.74) is 2.20. The lowest BCUT2D eigenvalue weighted by atomic mass is 10.2. The van der Waals surface area contributed by atoms with E-state index in [1.807, 2.05) is 13.0 Å². The summed E-state index contributed by atoms with van der Waals surface area (Å²) in [4.78, 5) is 6.86. The SMILES string of the molecule is Cc1cc(CCl)cc(N(C)C(C)C2CC2)n1. The molecule has 0 amide bonds. The molecule has 0 aliphatic heterocycles. The lowest BCUT2D eigenvalue weighted by Gasteiger charge is -2.26. The second-order valence-corrected chi connectivity index (χ2v) is 5.06. The summed E-state index contributed by atoms with van der Waals surface area (Å²) in [6.45, 7) is 4.30. The normalized spacial score (nSPS) is 17.2. The van der Waals surface area contributed by atoms with Crippen molar-refractivity contribution in [2.45, 2.75) is 38.6 Å². The highest BCUT2D eigenvalue weighted by atomic mass is 35.5. The van der Waals surface area contributed by atoms with E-state index >= 15 is 0 Å². The molecule has 1 aliphatic rings. The van der Waals surface area contributed by atoms with Crippen molar-refractivity contribution in [2.75, 3.05) is 11.9 Å². The minimum absolute atomic E-state index is 0.558. The van der Waals surface area contributed by atoms with E-state index in [0.29, 0.717) is 11.9 Å². The Bertz CT molecular complexity index is 374. The molecule has 0 aromatic carbocycles. The number of halogens is 1. The number of aryl methyl sites for hydroxylation is 1. The van der Waals surface area contributed by atoms with Gasteiger partial charge in [-0.1, -0.05) is 0 Å². The maximum atomic E-state index is 5.88. The highest BCUT2D eigenvalue weighted by Crippen LogP contribution is 2.36. The monoisotopic (exact) mass is 238 g/mol. The molecule has 0 radical (unpaired) electrons. The number of rotatable bonds is 4. The maximum Gasteiger partial charge on any atom is 0.129 e. The van der Waals surface area contributed by atoms with Gasteiger partial charge in [0, 0.05) is 24.7 Å². The largest absolute Gasteiger partial charge is 0.357 e. The molecule has 1 unspecified atom stereocenters. The van der Waals surface area contributed by atoms with Crippen LogP contribution in [0.1, 0.15) is 31.0 Å². The molecule has 1 aromatic rings. The molecule has 3 heteroatoms. The lowest BCUT2D eigenvalue weighted by Crippen LogP contribution is -2.31. The first-order valence-electron chi connectivity index (χ1n) is 5.88. The average Bonchev–Trinajstić information content (AvgIpc) is 3.10. The van der Waals surface area contributed by atoms with E-state index in [0.717, 1.165) is 23.0 Å². The van der Waals surface area contributed by atoms with Gasteiger partial charge in [-0.25, -0.2) is 4.98 Å². The fourth-order valence-corrected chi connectivity index (χ4v) is 2.24. The van der Waals surface area contributed by atoms with Crippen LogP contribution in [-0.4, -0.2) is 18.1 Å². The number of nitrogens with zero attached hydrogens (tertiary/aromatic N) is 2. The van der Waals surface area contributed by atoms with Crippen molar-refractivity contribution in [3.63, 3.8) is 0 Å². The topological polar surface area (TPSA) is 16.1 Å². The molecule has 0 spiro atoms. The molecule has 0 saturated heterocycles. The van der Waals surface area contributed by atoms with Crippen molar-refractivity contribution in [2.24, 2.45) is 5.92 Å². The Hall–Kier alpha value is -0.760. The number of alkyl halides is 1. The van der Waals surface area contributed by atoms with Gasteiger partial charge in [0.2, 0.25) is 0 Å². The molecule has 2 rings (SSSR count). The predicted octanol–water partition coefficient (Wildman–Crippen LogP) is 3.36. The summed E-state index contributed by atoms with van der Waals surface area (Å²) in [5, 5.41) is 0. The Balaban J connectivity index is 2.20. The number of hydrogen-bond donors (Lipinski definition) is 0. The fraction of sp³-hybridized carbons (Fsp3) is 0.615. The van der Waals surface area contributed by atoms with Gasteiger partial charge in [0.25, 0.3) is 0 Å².